The van der Waals surface area contributed by atoms with E-state index in [1.807, 2.05) is 13.0 Å². The van der Waals surface area contributed by atoms with E-state index < -0.39 is 5.60 Å². The highest BCUT2D eigenvalue weighted by molar-refractivity contribution is 5.93. The molecule has 1 fully saturated rings. The molecule has 0 radical (unpaired) electrons. The first-order valence-electron chi connectivity index (χ1n) is 8.78. The van der Waals surface area contributed by atoms with Crippen LogP contribution in [-0.2, 0) is 0 Å². The number of pyridine rings is 1. The molecule has 1 aliphatic heterocycles. The number of carbonyl (C=O) groups excluding carboxylic acids is 1. The number of benzene rings is 1. The number of hydrogen-bond acceptors (Lipinski definition) is 4. The normalized spacial score (nSPS) is 20.5. The standard InChI is InChI=1S/C20H23FN2O3/c1-15-4-2-11-22-18(15)19(24)23-12-3-9-20(25,10-13-23)14-26-17-7-5-16(21)6-8-17/h2,4-8,11,25H,3,9-10,12-14H2,1H3. The Bertz CT molecular complexity index is 766. The summed E-state index contributed by atoms with van der Waals surface area (Å²) >= 11 is 0. The first-order valence-corrected chi connectivity index (χ1v) is 8.78. The fourth-order valence-corrected chi connectivity index (χ4v) is 3.13. The maximum Gasteiger partial charge on any atom is 0.272 e. The van der Waals surface area contributed by atoms with Gasteiger partial charge < -0.3 is 14.7 Å². The van der Waals surface area contributed by atoms with Gasteiger partial charge in [0.15, 0.2) is 0 Å². The van der Waals surface area contributed by atoms with Crippen molar-refractivity contribution in [3.05, 3.63) is 59.7 Å². The smallest absolute Gasteiger partial charge is 0.272 e. The van der Waals surface area contributed by atoms with Gasteiger partial charge in [0, 0.05) is 19.3 Å². The molecule has 1 aromatic carbocycles. The fraction of sp³-hybridized carbons (Fsp3) is 0.400. The molecule has 6 heteroatoms. The van der Waals surface area contributed by atoms with Crippen molar-refractivity contribution < 1.29 is 19.0 Å². The van der Waals surface area contributed by atoms with Crippen LogP contribution in [0.2, 0.25) is 0 Å². The van der Waals surface area contributed by atoms with Crippen molar-refractivity contribution in [3.63, 3.8) is 0 Å². The number of hydrogen-bond donors (Lipinski definition) is 1. The van der Waals surface area contributed by atoms with Gasteiger partial charge in [0.05, 0.1) is 0 Å². The Morgan fingerprint density at radius 1 is 1.27 bits per heavy atom. The molecule has 3 rings (SSSR count). The minimum absolute atomic E-state index is 0.105. The summed E-state index contributed by atoms with van der Waals surface area (Å²) in [6.07, 6.45) is 3.26. The Labute approximate surface area is 152 Å². The van der Waals surface area contributed by atoms with E-state index in [0.29, 0.717) is 43.8 Å². The maximum absolute atomic E-state index is 13.0. The van der Waals surface area contributed by atoms with Crippen LogP contribution in [0.4, 0.5) is 4.39 Å². The lowest BCUT2D eigenvalue weighted by atomic mass is 9.96. The minimum Gasteiger partial charge on any atom is -0.491 e. The average Bonchev–Trinajstić information content (AvgIpc) is 2.83. The minimum atomic E-state index is -1.01. The van der Waals surface area contributed by atoms with Gasteiger partial charge >= 0.3 is 0 Å². The third kappa shape index (κ3) is 4.38. The van der Waals surface area contributed by atoms with E-state index in [1.54, 1.807) is 17.2 Å². The first kappa shape index (κ1) is 18.3. The van der Waals surface area contributed by atoms with Gasteiger partial charge in [-0.1, -0.05) is 6.07 Å². The van der Waals surface area contributed by atoms with Gasteiger partial charge in [0.25, 0.3) is 5.91 Å². The van der Waals surface area contributed by atoms with Crippen LogP contribution in [0.3, 0.4) is 0 Å². The lowest BCUT2D eigenvalue weighted by Gasteiger charge is -2.27. The van der Waals surface area contributed by atoms with Crippen molar-refractivity contribution in [2.24, 2.45) is 0 Å². The van der Waals surface area contributed by atoms with E-state index in [9.17, 15) is 14.3 Å². The molecule has 2 aromatic rings. The summed E-state index contributed by atoms with van der Waals surface area (Å²) in [5.74, 6) is 0.0809. The van der Waals surface area contributed by atoms with E-state index in [4.69, 9.17) is 4.74 Å². The first-order chi connectivity index (χ1) is 12.5. The molecular formula is C20H23FN2O3. The Balaban J connectivity index is 1.61. The molecule has 1 aromatic heterocycles. The summed E-state index contributed by atoms with van der Waals surface area (Å²) in [7, 11) is 0. The van der Waals surface area contributed by atoms with E-state index in [-0.39, 0.29) is 18.3 Å². The zero-order chi connectivity index (χ0) is 18.6. The van der Waals surface area contributed by atoms with Gasteiger partial charge in [-0.3, -0.25) is 9.78 Å². The highest BCUT2D eigenvalue weighted by Crippen LogP contribution is 2.25. The van der Waals surface area contributed by atoms with Gasteiger partial charge in [-0.05, 0) is 62.1 Å². The molecule has 1 unspecified atom stereocenters. The van der Waals surface area contributed by atoms with E-state index in [2.05, 4.69) is 4.98 Å². The predicted octanol–water partition coefficient (Wildman–Crippen LogP) is 2.97. The summed E-state index contributed by atoms with van der Waals surface area (Å²) in [4.78, 5) is 18.6. The molecule has 1 atom stereocenters. The van der Waals surface area contributed by atoms with Crippen LogP contribution in [0.15, 0.2) is 42.6 Å². The lowest BCUT2D eigenvalue weighted by molar-refractivity contribution is -0.0163. The molecular weight excluding hydrogens is 335 g/mol. The molecule has 1 aliphatic rings. The Hall–Kier alpha value is -2.47. The second-order valence-electron chi connectivity index (χ2n) is 6.78. The van der Waals surface area contributed by atoms with Gasteiger partial charge in [0.2, 0.25) is 0 Å². The van der Waals surface area contributed by atoms with Crippen LogP contribution in [0.5, 0.6) is 5.75 Å². The number of ether oxygens (including phenoxy) is 1. The summed E-state index contributed by atoms with van der Waals surface area (Å²) in [5.41, 5.74) is 0.292. The monoisotopic (exact) mass is 358 g/mol. The molecule has 1 saturated heterocycles. The number of aliphatic hydroxyl groups is 1. The summed E-state index contributed by atoms with van der Waals surface area (Å²) in [6, 6.07) is 9.39. The van der Waals surface area contributed by atoms with Crippen molar-refractivity contribution in [2.75, 3.05) is 19.7 Å². The third-order valence-electron chi connectivity index (χ3n) is 4.74. The molecule has 0 aliphatic carbocycles. The second kappa shape index (κ2) is 7.83. The van der Waals surface area contributed by atoms with Gasteiger partial charge in [-0.15, -0.1) is 0 Å². The van der Waals surface area contributed by atoms with Crippen LogP contribution in [0.25, 0.3) is 0 Å². The summed E-state index contributed by atoms with van der Waals surface area (Å²) < 4.78 is 18.6. The zero-order valence-electron chi connectivity index (χ0n) is 14.8. The van der Waals surface area contributed by atoms with Crippen molar-refractivity contribution in [2.45, 2.75) is 31.8 Å². The van der Waals surface area contributed by atoms with Crippen molar-refractivity contribution in [1.29, 1.82) is 0 Å². The SMILES string of the molecule is Cc1cccnc1C(=O)N1CCCC(O)(COc2ccc(F)cc2)CC1. The number of carbonyl (C=O) groups is 1. The van der Waals surface area contributed by atoms with E-state index in [1.165, 1.54) is 24.3 Å². The van der Waals surface area contributed by atoms with Crippen molar-refractivity contribution in [1.82, 2.24) is 9.88 Å². The summed E-state index contributed by atoms with van der Waals surface area (Å²) in [6.45, 7) is 3.00. The molecule has 1 amide bonds. The molecule has 2 heterocycles. The molecule has 0 spiro atoms. The molecule has 1 N–H and O–H groups in total. The summed E-state index contributed by atoms with van der Waals surface area (Å²) in [5, 5.41) is 10.8. The van der Waals surface area contributed by atoms with Crippen LogP contribution in [0.1, 0.15) is 35.3 Å². The van der Waals surface area contributed by atoms with Crippen LogP contribution in [0, 0.1) is 12.7 Å². The van der Waals surface area contributed by atoms with Crippen molar-refractivity contribution in [3.8, 4) is 5.75 Å². The second-order valence-corrected chi connectivity index (χ2v) is 6.78. The van der Waals surface area contributed by atoms with E-state index >= 15 is 0 Å². The Morgan fingerprint density at radius 3 is 2.77 bits per heavy atom. The third-order valence-corrected chi connectivity index (χ3v) is 4.74. The highest BCUT2D eigenvalue weighted by Gasteiger charge is 2.33. The molecule has 0 saturated carbocycles. The number of likely N-dealkylation sites (tertiary alicyclic amines) is 1. The maximum atomic E-state index is 13.0. The van der Waals surface area contributed by atoms with Crippen LogP contribution < -0.4 is 4.74 Å². The number of aryl methyl sites for hydroxylation is 1. The number of halogens is 1. The Morgan fingerprint density at radius 2 is 2.04 bits per heavy atom. The number of amides is 1. The quantitative estimate of drug-likeness (QED) is 0.913. The molecule has 138 valence electrons. The number of aromatic nitrogens is 1. The van der Waals surface area contributed by atoms with Gasteiger partial charge in [-0.25, -0.2) is 4.39 Å². The fourth-order valence-electron chi connectivity index (χ4n) is 3.13. The van der Waals surface area contributed by atoms with Crippen LogP contribution >= 0.6 is 0 Å². The molecule has 5 nitrogen and oxygen atoms in total. The van der Waals surface area contributed by atoms with Crippen molar-refractivity contribution >= 4 is 5.91 Å². The topological polar surface area (TPSA) is 62.7 Å². The largest absolute Gasteiger partial charge is 0.491 e. The van der Waals surface area contributed by atoms with Gasteiger partial charge in [-0.2, -0.15) is 0 Å². The van der Waals surface area contributed by atoms with E-state index in [0.717, 1.165) is 5.56 Å². The average molecular weight is 358 g/mol. The lowest BCUT2D eigenvalue weighted by Crippen LogP contribution is -2.38. The zero-order valence-corrected chi connectivity index (χ0v) is 14.8. The number of nitrogens with zero attached hydrogens (tertiary/aromatic N) is 2. The molecule has 0 bridgehead atoms. The predicted molar refractivity (Wildman–Crippen MR) is 95.6 cm³/mol. The highest BCUT2D eigenvalue weighted by atomic mass is 19.1. The number of rotatable bonds is 4. The Kier molecular flexibility index (Phi) is 5.52. The molecule has 26 heavy (non-hydrogen) atoms. The van der Waals surface area contributed by atoms with Gasteiger partial charge in [0.1, 0.15) is 29.5 Å². The van der Waals surface area contributed by atoms with Crippen LogP contribution in [-0.4, -0.2) is 46.2 Å².